The molecule has 1 aromatic rings. The zero-order chi connectivity index (χ0) is 11.1. The van der Waals surface area contributed by atoms with Crippen LogP contribution in [-0.2, 0) is 12.8 Å². The van der Waals surface area contributed by atoms with Crippen molar-refractivity contribution in [1.82, 2.24) is 5.32 Å². The molecule has 0 radical (unpaired) electrons. The Kier molecular flexibility index (Phi) is 2.28. The van der Waals surface area contributed by atoms with Gasteiger partial charge in [0.2, 0.25) is 0 Å². The van der Waals surface area contributed by atoms with Gasteiger partial charge in [0.1, 0.15) is 0 Å². The van der Waals surface area contributed by atoms with E-state index in [2.05, 4.69) is 5.32 Å². The number of rotatable bonds is 0. The molecule has 1 aliphatic carbocycles. The molecule has 1 aliphatic heterocycles. The molecule has 16 heavy (non-hydrogen) atoms. The Morgan fingerprint density at radius 1 is 1.19 bits per heavy atom. The minimum atomic E-state index is 0.0148. The highest BCUT2D eigenvalue weighted by Crippen LogP contribution is 2.39. The minimum Gasteiger partial charge on any atom is -0.504 e. The summed E-state index contributed by atoms with van der Waals surface area (Å²) in [5, 5.41) is 22.9. The Bertz CT molecular complexity index is 417. The van der Waals surface area contributed by atoms with Crippen LogP contribution < -0.4 is 5.32 Å². The average Bonchev–Trinajstić information content (AvgIpc) is 2.32. The van der Waals surface area contributed by atoms with Gasteiger partial charge in [-0.3, -0.25) is 0 Å². The van der Waals surface area contributed by atoms with Crippen molar-refractivity contribution in [2.45, 2.75) is 31.7 Å². The van der Waals surface area contributed by atoms with E-state index in [1.165, 1.54) is 18.4 Å². The van der Waals surface area contributed by atoms with Gasteiger partial charge < -0.3 is 15.5 Å². The highest BCUT2D eigenvalue weighted by atomic mass is 16.3. The topological polar surface area (TPSA) is 52.5 Å². The molecule has 1 saturated heterocycles. The van der Waals surface area contributed by atoms with Crippen LogP contribution in [0, 0.1) is 5.92 Å². The summed E-state index contributed by atoms with van der Waals surface area (Å²) >= 11 is 0. The molecule has 0 amide bonds. The molecule has 2 atom stereocenters. The third-order valence-electron chi connectivity index (χ3n) is 3.99. The molecule has 0 spiro atoms. The Morgan fingerprint density at radius 2 is 2.06 bits per heavy atom. The van der Waals surface area contributed by atoms with Crippen LogP contribution in [0.1, 0.15) is 24.0 Å². The van der Waals surface area contributed by atoms with Crippen molar-refractivity contribution in [3.05, 3.63) is 23.3 Å². The molecule has 1 fully saturated rings. The summed E-state index contributed by atoms with van der Waals surface area (Å²) in [6.45, 7) is 1.11. The van der Waals surface area contributed by atoms with Gasteiger partial charge in [0.15, 0.2) is 11.5 Å². The summed E-state index contributed by atoms with van der Waals surface area (Å²) in [6, 6.07) is 4.10. The molecule has 1 aromatic carbocycles. The van der Waals surface area contributed by atoms with E-state index in [0.29, 0.717) is 12.0 Å². The molecule has 3 heteroatoms. The van der Waals surface area contributed by atoms with Gasteiger partial charge in [-0.15, -0.1) is 0 Å². The lowest BCUT2D eigenvalue weighted by Crippen LogP contribution is -2.45. The van der Waals surface area contributed by atoms with Gasteiger partial charge in [0.25, 0.3) is 0 Å². The third-order valence-corrected chi connectivity index (χ3v) is 3.99. The maximum absolute atomic E-state index is 9.86. The molecular formula is C13H17NO2. The second kappa shape index (κ2) is 3.67. The fourth-order valence-corrected chi connectivity index (χ4v) is 3.09. The van der Waals surface area contributed by atoms with Crippen molar-refractivity contribution in [3.8, 4) is 11.5 Å². The number of nitrogens with one attached hydrogen (secondary N) is 1. The molecule has 0 saturated carbocycles. The Hall–Kier alpha value is -1.22. The quantitative estimate of drug-likeness (QED) is 0.580. The number of phenols is 2. The van der Waals surface area contributed by atoms with Gasteiger partial charge in [-0.05, 0) is 49.8 Å². The maximum atomic E-state index is 9.86. The number of benzene rings is 1. The fourth-order valence-electron chi connectivity index (χ4n) is 3.09. The molecule has 3 rings (SSSR count). The van der Waals surface area contributed by atoms with Crippen LogP contribution in [-0.4, -0.2) is 22.8 Å². The first kappa shape index (κ1) is 9.97. The summed E-state index contributed by atoms with van der Waals surface area (Å²) in [6.07, 6.45) is 4.32. The van der Waals surface area contributed by atoms with Crippen molar-refractivity contribution in [3.63, 3.8) is 0 Å². The van der Waals surface area contributed by atoms with Crippen LogP contribution >= 0.6 is 0 Å². The van der Waals surface area contributed by atoms with E-state index in [4.69, 9.17) is 0 Å². The van der Waals surface area contributed by atoms with E-state index in [9.17, 15) is 10.2 Å². The van der Waals surface area contributed by atoms with Crippen molar-refractivity contribution < 1.29 is 10.2 Å². The highest BCUT2D eigenvalue weighted by Gasteiger charge is 2.32. The zero-order valence-corrected chi connectivity index (χ0v) is 9.24. The first-order chi connectivity index (χ1) is 7.75. The van der Waals surface area contributed by atoms with Crippen LogP contribution in [0.15, 0.2) is 12.1 Å². The molecule has 1 unspecified atom stereocenters. The van der Waals surface area contributed by atoms with Gasteiger partial charge >= 0.3 is 0 Å². The van der Waals surface area contributed by atoms with Crippen LogP contribution in [0.3, 0.4) is 0 Å². The van der Waals surface area contributed by atoms with E-state index in [-0.39, 0.29) is 11.5 Å². The number of piperidine rings is 1. The number of phenolic OH excluding ortho intramolecular Hbond substituents is 2. The lowest BCUT2D eigenvalue weighted by Gasteiger charge is -2.37. The standard InChI is InChI=1S/C13H17NO2/c15-12-4-3-8-7-11-9(2-1-5-14-11)6-10(8)13(12)16/h3-4,9,11,14-16H,1-2,5-7H2/t9?,11-/m1/s1. The summed E-state index contributed by atoms with van der Waals surface area (Å²) in [7, 11) is 0. The Morgan fingerprint density at radius 3 is 2.94 bits per heavy atom. The number of hydrogen-bond donors (Lipinski definition) is 3. The van der Waals surface area contributed by atoms with Gasteiger partial charge in [0.05, 0.1) is 0 Å². The van der Waals surface area contributed by atoms with Crippen molar-refractivity contribution >= 4 is 0 Å². The van der Waals surface area contributed by atoms with Crippen LogP contribution in [0.4, 0.5) is 0 Å². The minimum absolute atomic E-state index is 0.0148. The van der Waals surface area contributed by atoms with Gasteiger partial charge in [-0.25, -0.2) is 0 Å². The average molecular weight is 219 g/mol. The molecule has 86 valence electrons. The van der Waals surface area contributed by atoms with Gasteiger partial charge in [-0.2, -0.15) is 0 Å². The summed E-state index contributed by atoms with van der Waals surface area (Å²) in [4.78, 5) is 0. The van der Waals surface area contributed by atoms with Gasteiger partial charge in [-0.1, -0.05) is 6.07 Å². The van der Waals surface area contributed by atoms with Crippen LogP contribution in [0.2, 0.25) is 0 Å². The third kappa shape index (κ3) is 1.47. The summed E-state index contributed by atoms with van der Waals surface area (Å²) in [5.41, 5.74) is 2.15. The summed E-state index contributed by atoms with van der Waals surface area (Å²) < 4.78 is 0. The molecule has 3 nitrogen and oxygen atoms in total. The SMILES string of the molecule is Oc1ccc2c(c1O)CC1CCCN[C@@H]1C2. The van der Waals surface area contributed by atoms with Crippen molar-refractivity contribution in [1.29, 1.82) is 0 Å². The largest absolute Gasteiger partial charge is 0.504 e. The molecule has 0 bridgehead atoms. The Balaban J connectivity index is 1.98. The first-order valence-electron chi connectivity index (χ1n) is 6.02. The predicted octanol–water partition coefficient (Wildman–Crippen LogP) is 1.56. The lowest BCUT2D eigenvalue weighted by atomic mass is 9.76. The van der Waals surface area contributed by atoms with E-state index in [0.717, 1.165) is 24.9 Å². The molecule has 3 N–H and O–H groups in total. The van der Waals surface area contributed by atoms with Gasteiger partial charge in [0, 0.05) is 11.6 Å². The van der Waals surface area contributed by atoms with Crippen LogP contribution in [0.5, 0.6) is 11.5 Å². The monoisotopic (exact) mass is 219 g/mol. The number of fused-ring (bicyclic) bond motifs is 2. The van der Waals surface area contributed by atoms with Crippen LogP contribution in [0.25, 0.3) is 0 Å². The summed E-state index contributed by atoms with van der Waals surface area (Å²) in [5.74, 6) is 0.733. The molecule has 1 heterocycles. The Labute approximate surface area is 95.1 Å². The van der Waals surface area contributed by atoms with E-state index >= 15 is 0 Å². The predicted molar refractivity (Wildman–Crippen MR) is 61.7 cm³/mol. The molecule has 0 aromatic heterocycles. The first-order valence-corrected chi connectivity index (χ1v) is 6.02. The number of hydrogen-bond acceptors (Lipinski definition) is 3. The smallest absolute Gasteiger partial charge is 0.160 e. The van der Waals surface area contributed by atoms with E-state index in [1.807, 2.05) is 6.07 Å². The van der Waals surface area contributed by atoms with E-state index < -0.39 is 0 Å². The lowest BCUT2D eigenvalue weighted by molar-refractivity contribution is 0.259. The normalized spacial score (nSPS) is 28.2. The maximum Gasteiger partial charge on any atom is 0.160 e. The highest BCUT2D eigenvalue weighted by molar-refractivity contribution is 5.50. The van der Waals surface area contributed by atoms with Crippen molar-refractivity contribution in [2.75, 3.05) is 6.54 Å². The second-order valence-electron chi connectivity index (χ2n) is 4.94. The van der Waals surface area contributed by atoms with E-state index in [1.54, 1.807) is 6.07 Å². The molecular weight excluding hydrogens is 202 g/mol. The van der Waals surface area contributed by atoms with Crippen molar-refractivity contribution in [2.24, 2.45) is 5.92 Å². The molecule has 2 aliphatic rings. The number of aromatic hydroxyl groups is 2. The fraction of sp³-hybridized carbons (Fsp3) is 0.538. The second-order valence-corrected chi connectivity index (χ2v) is 4.94. The zero-order valence-electron chi connectivity index (χ0n) is 9.24.